The summed E-state index contributed by atoms with van der Waals surface area (Å²) in [5.74, 6) is -0.364. The Hall–Kier alpha value is -3.12. The number of hydrogen-bond donors (Lipinski definition) is 1. The molecular weight excluding hydrogens is 354 g/mol. The van der Waals surface area contributed by atoms with Crippen molar-refractivity contribution in [2.75, 3.05) is 12.4 Å². The van der Waals surface area contributed by atoms with Crippen molar-refractivity contribution in [2.45, 2.75) is 6.92 Å². The third kappa shape index (κ3) is 3.75. The van der Waals surface area contributed by atoms with Gasteiger partial charge in [0.2, 0.25) is 0 Å². The van der Waals surface area contributed by atoms with Gasteiger partial charge in [-0.1, -0.05) is 23.7 Å². The second-order valence-corrected chi connectivity index (χ2v) is 6.03. The zero-order valence-electron chi connectivity index (χ0n) is 14.2. The second kappa shape index (κ2) is 7.41. The van der Waals surface area contributed by atoms with E-state index in [0.717, 1.165) is 11.4 Å². The second-order valence-electron chi connectivity index (χ2n) is 5.59. The Labute approximate surface area is 155 Å². The minimum Gasteiger partial charge on any atom is -0.465 e. The molecule has 0 unspecified atom stereocenters. The molecule has 0 fully saturated rings. The van der Waals surface area contributed by atoms with Crippen LogP contribution in [-0.4, -0.2) is 28.8 Å². The van der Waals surface area contributed by atoms with Crippen LogP contribution in [0.3, 0.4) is 0 Å². The van der Waals surface area contributed by atoms with E-state index in [2.05, 4.69) is 15.2 Å². The molecule has 0 aliphatic rings. The number of aromatic nitrogens is 2. The van der Waals surface area contributed by atoms with Crippen molar-refractivity contribution in [1.29, 1.82) is 0 Å². The molecule has 2 aromatic carbocycles. The monoisotopic (exact) mass is 369 g/mol. The molecule has 0 radical (unpaired) electrons. The van der Waals surface area contributed by atoms with E-state index in [-0.39, 0.29) is 5.91 Å². The van der Waals surface area contributed by atoms with Crippen LogP contribution in [0.1, 0.15) is 26.4 Å². The van der Waals surface area contributed by atoms with E-state index < -0.39 is 5.97 Å². The van der Waals surface area contributed by atoms with Gasteiger partial charge in [-0.25, -0.2) is 9.48 Å². The molecule has 0 saturated heterocycles. The Balaban J connectivity index is 1.90. The van der Waals surface area contributed by atoms with Crippen LogP contribution in [0.5, 0.6) is 0 Å². The molecule has 0 bridgehead atoms. The third-order valence-electron chi connectivity index (χ3n) is 3.67. The highest BCUT2D eigenvalue weighted by molar-refractivity contribution is 6.30. The quantitative estimate of drug-likeness (QED) is 0.708. The van der Waals surface area contributed by atoms with E-state index in [0.29, 0.717) is 22.0 Å². The zero-order valence-corrected chi connectivity index (χ0v) is 14.9. The fraction of sp³-hybridized carbons (Fsp3) is 0.105. The maximum Gasteiger partial charge on any atom is 0.337 e. The molecule has 0 saturated carbocycles. The Kier molecular flexibility index (Phi) is 5.04. The van der Waals surface area contributed by atoms with Crippen LogP contribution in [0, 0.1) is 6.92 Å². The number of aryl methyl sites for hydroxylation is 1. The van der Waals surface area contributed by atoms with E-state index in [1.54, 1.807) is 47.1 Å². The number of carbonyl (C=O) groups excluding carboxylic acids is 2. The number of ether oxygens (including phenoxy) is 1. The zero-order chi connectivity index (χ0) is 18.7. The largest absolute Gasteiger partial charge is 0.465 e. The van der Waals surface area contributed by atoms with Gasteiger partial charge in [-0.2, -0.15) is 5.10 Å². The molecule has 132 valence electrons. The van der Waals surface area contributed by atoms with Crippen LogP contribution in [0.2, 0.25) is 5.02 Å². The van der Waals surface area contributed by atoms with Crippen molar-refractivity contribution in [3.63, 3.8) is 0 Å². The summed E-state index contributed by atoms with van der Waals surface area (Å²) in [7, 11) is 1.29. The molecule has 0 aliphatic heterocycles. The van der Waals surface area contributed by atoms with Crippen LogP contribution >= 0.6 is 11.6 Å². The van der Waals surface area contributed by atoms with E-state index >= 15 is 0 Å². The van der Waals surface area contributed by atoms with Gasteiger partial charge in [0.1, 0.15) is 5.82 Å². The smallest absolute Gasteiger partial charge is 0.337 e. The summed E-state index contributed by atoms with van der Waals surface area (Å²) >= 11 is 6.04. The summed E-state index contributed by atoms with van der Waals surface area (Å²) in [6.45, 7) is 1.83. The Morgan fingerprint density at radius 2 is 1.81 bits per heavy atom. The molecule has 0 atom stereocenters. The molecule has 1 aromatic heterocycles. The predicted octanol–water partition coefficient (Wildman–Crippen LogP) is 3.87. The molecule has 3 aromatic rings. The number of hydrogen-bond acceptors (Lipinski definition) is 4. The molecule has 0 aliphatic carbocycles. The first-order valence-corrected chi connectivity index (χ1v) is 8.18. The van der Waals surface area contributed by atoms with E-state index in [9.17, 15) is 9.59 Å². The van der Waals surface area contributed by atoms with Gasteiger partial charge in [0.15, 0.2) is 0 Å². The van der Waals surface area contributed by atoms with Crippen molar-refractivity contribution < 1.29 is 14.3 Å². The fourth-order valence-electron chi connectivity index (χ4n) is 2.49. The maximum atomic E-state index is 12.6. The Morgan fingerprint density at radius 1 is 1.08 bits per heavy atom. The Morgan fingerprint density at radius 3 is 2.54 bits per heavy atom. The molecule has 3 rings (SSSR count). The normalized spacial score (nSPS) is 10.4. The number of amides is 1. The van der Waals surface area contributed by atoms with Crippen molar-refractivity contribution in [3.8, 4) is 5.69 Å². The number of rotatable bonds is 4. The highest BCUT2D eigenvalue weighted by atomic mass is 35.5. The molecule has 1 N–H and O–H groups in total. The van der Waals surface area contributed by atoms with Crippen LogP contribution in [-0.2, 0) is 4.74 Å². The number of benzene rings is 2. The van der Waals surface area contributed by atoms with Crippen molar-refractivity contribution >= 4 is 29.3 Å². The molecular formula is C19H16ClN3O3. The summed E-state index contributed by atoms with van der Waals surface area (Å²) in [4.78, 5) is 24.2. The number of carbonyl (C=O) groups is 2. The molecule has 1 amide bonds. The number of esters is 1. The Bertz CT molecular complexity index is 982. The van der Waals surface area contributed by atoms with Crippen molar-refractivity contribution in [3.05, 3.63) is 76.4 Å². The number of methoxy groups -OCH3 is 1. The highest BCUT2D eigenvalue weighted by Gasteiger charge is 2.14. The first-order chi connectivity index (χ1) is 12.5. The topological polar surface area (TPSA) is 73.2 Å². The lowest BCUT2D eigenvalue weighted by atomic mass is 10.1. The summed E-state index contributed by atoms with van der Waals surface area (Å²) in [5.41, 5.74) is 2.11. The number of halogens is 1. The average molecular weight is 370 g/mol. The number of nitrogens with zero attached hydrogens (tertiary/aromatic N) is 2. The standard InChI is InChI=1S/C19H16ClN3O3/c1-12-9-17(23(22-12)16-8-4-7-15(20)11-16)21-18(24)13-5-3-6-14(10-13)19(25)26-2/h3-11H,1-2H3,(H,21,24). The lowest BCUT2D eigenvalue weighted by Crippen LogP contribution is -2.16. The van der Waals surface area contributed by atoms with Crippen LogP contribution < -0.4 is 5.32 Å². The molecule has 0 spiro atoms. The van der Waals surface area contributed by atoms with Crippen LogP contribution in [0.4, 0.5) is 5.82 Å². The molecule has 26 heavy (non-hydrogen) atoms. The van der Waals surface area contributed by atoms with Crippen molar-refractivity contribution in [2.24, 2.45) is 0 Å². The first kappa shape index (κ1) is 17.7. The minimum absolute atomic E-state index is 0.305. The highest BCUT2D eigenvalue weighted by Crippen LogP contribution is 2.21. The van der Waals surface area contributed by atoms with Gasteiger partial charge in [0.05, 0.1) is 24.1 Å². The van der Waals surface area contributed by atoms with Gasteiger partial charge < -0.3 is 10.1 Å². The maximum absolute atomic E-state index is 12.6. The van der Waals surface area contributed by atoms with E-state index in [1.807, 2.05) is 13.0 Å². The van der Waals surface area contributed by atoms with Gasteiger partial charge in [0, 0.05) is 16.7 Å². The van der Waals surface area contributed by atoms with Gasteiger partial charge in [-0.05, 0) is 43.3 Å². The van der Waals surface area contributed by atoms with Crippen molar-refractivity contribution in [1.82, 2.24) is 9.78 Å². The predicted molar refractivity (Wildman–Crippen MR) is 99.0 cm³/mol. The van der Waals surface area contributed by atoms with E-state index in [1.165, 1.54) is 13.2 Å². The summed E-state index contributed by atoms with van der Waals surface area (Å²) in [5, 5.41) is 7.78. The molecule has 7 heteroatoms. The van der Waals surface area contributed by atoms with Crippen LogP contribution in [0.25, 0.3) is 5.69 Å². The first-order valence-electron chi connectivity index (χ1n) is 7.80. The summed E-state index contributed by atoms with van der Waals surface area (Å²) in [6, 6.07) is 15.2. The van der Waals surface area contributed by atoms with Gasteiger partial charge in [0.25, 0.3) is 5.91 Å². The SMILES string of the molecule is COC(=O)c1cccc(C(=O)Nc2cc(C)nn2-c2cccc(Cl)c2)c1. The lowest BCUT2D eigenvalue weighted by molar-refractivity contribution is 0.0600. The van der Waals surface area contributed by atoms with Gasteiger partial charge in [-0.15, -0.1) is 0 Å². The average Bonchev–Trinajstić information content (AvgIpc) is 3.01. The van der Waals surface area contributed by atoms with Gasteiger partial charge in [-0.3, -0.25) is 4.79 Å². The third-order valence-corrected chi connectivity index (χ3v) is 3.91. The number of anilines is 1. The summed E-state index contributed by atoms with van der Waals surface area (Å²) < 4.78 is 6.28. The van der Waals surface area contributed by atoms with E-state index in [4.69, 9.17) is 11.6 Å². The molecule has 1 heterocycles. The van der Waals surface area contributed by atoms with Crippen LogP contribution in [0.15, 0.2) is 54.6 Å². The lowest BCUT2D eigenvalue weighted by Gasteiger charge is -2.10. The summed E-state index contributed by atoms with van der Waals surface area (Å²) in [6.07, 6.45) is 0. The molecule has 6 nitrogen and oxygen atoms in total. The number of nitrogens with one attached hydrogen (secondary N) is 1. The fourth-order valence-corrected chi connectivity index (χ4v) is 2.67. The van der Waals surface area contributed by atoms with Gasteiger partial charge >= 0.3 is 5.97 Å². The minimum atomic E-state index is -0.500.